The van der Waals surface area contributed by atoms with Gasteiger partial charge in [0, 0.05) is 31.9 Å². The van der Waals surface area contributed by atoms with Crippen molar-refractivity contribution in [1.29, 1.82) is 0 Å². The topological polar surface area (TPSA) is 102 Å². The van der Waals surface area contributed by atoms with Crippen molar-refractivity contribution >= 4 is 28.6 Å². The summed E-state index contributed by atoms with van der Waals surface area (Å²) in [7, 11) is -2.36. The minimum absolute atomic E-state index is 0.00159. The van der Waals surface area contributed by atoms with Crippen molar-refractivity contribution in [3.63, 3.8) is 0 Å². The van der Waals surface area contributed by atoms with E-state index in [0.29, 0.717) is 32.8 Å². The molecule has 1 aliphatic rings. The summed E-state index contributed by atoms with van der Waals surface area (Å²) in [6, 6.07) is 13.0. The lowest BCUT2D eigenvalue weighted by Crippen LogP contribution is -2.52. The molecule has 1 amide bonds. The Bertz CT molecular complexity index is 991. The number of primary amides is 1. The third kappa shape index (κ3) is 5.81. The van der Waals surface area contributed by atoms with Gasteiger partial charge in [0.2, 0.25) is 15.9 Å². The van der Waals surface area contributed by atoms with Crippen LogP contribution in [0.1, 0.15) is 0 Å². The van der Waals surface area contributed by atoms with E-state index in [1.54, 1.807) is 31.4 Å². The molecule has 1 atom stereocenters. The number of nitrogens with zero attached hydrogens (tertiary/aromatic N) is 2. The number of carbonyl (C=O) groups excluding carboxylic acids is 1. The highest BCUT2D eigenvalue weighted by molar-refractivity contribution is 7.89. The van der Waals surface area contributed by atoms with Gasteiger partial charge in [-0.15, -0.1) is 0 Å². The maximum atomic E-state index is 13.5. The van der Waals surface area contributed by atoms with E-state index in [0.717, 1.165) is 16.9 Å². The highest BCUT2D eigenvalue weighted by atomic mass is 32.2. The van der Waals surface area contributed by atoms with Crippen LogP contribution < -0.4 is 10.5 Å². The largest absolute Gasteiger partial charge is 0.497 e. The molecule has 1 unspecified atom stereocenters. The average Bonchev–Trinajstić information content (AvgIpc) is 2.82. The Morgan fingerprint density at radius 3 is 2.19 bits per heavy atom. The molecule has 2 N–H and O–H groups in total. The van der Waals surface area contributed by atoms with Gasteiger partial charge in [0.1, 0.15) is 11.8 Å². The Balaban J connectivity index is 1.84. The van der Waals surface area contributed by atoms with Crippen molar-refractivity contribution in [2.24, 2.45) is 5.73 Å². The van der Waals surface area contributed by atoms with Crippen LogP contribution in [-0.4, -0.2) is 81.8 Å². The van der Waals surface area contributed by atoms with E-state index in [9.17, 15) is 13.2 Å². The number of thiol groups is 1. The van der Waals surface area contributed by atoms with Crippen LogP contribution in [0.5, 0.6) is 5.75 Å². The van der Waals surface area contributed by atoms with E-state index in [1.807, 2.05) is 24.3 Å². The first kappa shape index (κ1) is 24.5. The quantitative estimate of drug-likeness (QED) is 0.501. The summed E-state index contributed by atoms with van der Waals surface area (Å²) >= 11 is 4.19. The van der Waals surface area contributed by atoms with Crippen molar-refractivity contribution in [3.8, 4) is 16.9 Å². The molecular formula is C22H29N3O5S2. The molecule has 0 aliphatic carbocycles. The second-order valence-electron chi connectivity index (χ2n) is 7.42. The van der Waals surface area contributed by atoms with Crippen LogP contribution in [0.15, 0.2) is 53.4 Å². The first-order valence-corrected chi connectivity index (χ1v) is 12.4. The number of nitrogens with two attached hydrogens (primary N) is 1. The highest BCUT2D eigenvalue weighted by Crippen LogP contribution is 2.26. The number of hydrogen-bond acceptors (Lipinski definition) is 7. The lowest BCUT2D eigenvalue weighted by molar-refractivity contribution is -0.121. The number of rotatable bonds is 10. The van der Waals surface area contributed by atoms with Crippen LogP contribution in [0.25, 0.3) is 11.1 Å². The monoisotopic (exact) mass is 479 g/mol. The fourth-order valence-electron chi connectivity index (χ4n) is 3.57. The number of morpholine rings is 1. The molecule has 1 heterocycles. The van der Waals surface area contributed by atoms with E-state index in [4.69, 9.17) is 15.2 Å². The van der Waals surface area contributed by atoms with Crippen molar-refractivity contribution in [3.05, 3.63) is 48.5 Å². The van der Waals surface area contributed by atoms with Crippen molar-refractivity contribution in [1.82, 2.24) is 9.21 Å². The Labute approximate surface area is 194 Å². The van der Waals surface area contributed by atoms with Gasteiger partial charge in [-0.1, -0.05) is 24.3 Å². The molecule has 1 aliphatic heterocycles. The van der Waals surface area contributed by atoms with Gasteiger partial charge < -0.3 is 15.2 Å². The van der Waals surface area contributed by atoms with Crippen molar-refractivity contribution in [2.45, 2.75) is 10.9 Å². The minimum Gasteiger partial charge on any atom is -0.497 e. The summed E-state index contributed by atoms with van der Waals surface area (Å²) in [5.74, 6) is 0.0234. The second-order valence-corrected chi connectivity index (χ2v) is 9.68. The number of hydrogen-bond donors (Lipinski definition) is 2. The molecule has 32 heavy (non-hydrogen) atoms. The minimum atomic E-state index is -3.96. The molecule has 2 aromatic carbocycles. The van der Waals surface area contributed by atoms with Gasteiger partial charge in [0.05, 0.1) is 25.2 Å². The van der Waals surface area contributed by atoms with Crippen LogP contribution >= 0.6 is 12.6 Å². The van der Waals surface area contributed by atoms with Crippen LogP contribution in [-0.2, 0) is 19.6 Å². The standard InChI is InChI=1S/C22H29N3O5S2/c1-29-19-6-2-17(3-7-19)18-4-8-20(9-5-18)32(27,28)25(21(16-31)22(23)26)11-10-24-12-14-30-15-13-24/h2-9,21,31H,10-16H2,1H3,(H2,23,26). The zero-order valence-corrected chi connectivity index (χ0v) is 19.7. The highest BCUT2D eigenvalue weighted by Gasteiger charge is 2.34. The molecule has 0 aromatic heterocycles. The lowest BCUT2D eigenvalue weighted by Gasteiger charge is -2.32. The van der Waals surface area contributed by atoms with Gasteiger partial charge in [0.25, 0.3) is 0 Å². The van der Waals surface area contributed by atoms with Crippen LogP contribution in [0.3, 0.4) is 0 Å². The van der Waals surface area contributed by atoms with E-state index in [-0.39, 0.29) is 17.2 Å². The Hall–Kier alpha value is -2.11. The van der Waals surface area contributed by atoms with Crippen LogP contribution in [0, 0.1) is 0 Å². The zero-order chi connectivity index (χ0) is 23.1. The molecule has 3 rings (SSSR count). The summed E-state index contributed by atoms with van der Waals surface area (Å²) in [5, 5.41) is 0. The van der Waals surface area contributed by atoms with E-state index in [2.05, 4.69) is 17.5 Å². The molecule has 1 fully saturated rings. The number of amides is 1. The number of ether oxygens (including phenoxy) is 2. The molecule has 10 heteroatoms. The molecule has 0 spiro atoms. The van der Waals surface area contributed by atoms with Gasteiger partial charge in [0.15, 0.2) is 0 Å². The molecule has 0 saturated carbocycles. The maximum Gasteiger partial charge on any atom is 0.243 e. The fourth-order valence-corrected chi connectivity index (χ4v) is 5.64. The molecule has 0 bridgehead atoms. The predicted octanol–water partition coefficient (Wildman–Crippen LogP) is 1.47. The smallest absolute Gasteiger partial charge is 0.243 e. The maximum absolute atomic E-state index is 13.5. The van der Waals surface area contributed by atoms with Crippen LogP contribution in [0.2, 0.25) is 0 Å². The number of benzene rings is 2. The fraction of sp³-hybridized carbons (Fsp3) is 0.409. The number of methoxy groups -OCH3 is 1. The van der Waals surface area contributed by atoms with Gasteiger partial charge in [-0.05, 0) is 35.4 Å². The molecule has 174 valence electrons. The van der Waals surface area contributed by atoms with Gasteiger partial charge in [-0.2, -0.15) is 16.9 Å². The average molecular weight is 480 g/mol. The summed E-state index contributed by atoms with van der Waals surface area (Å²) in [6.45, 7) is 3.25. The Morgan fingerprint density at radius 2 is 1.69 bits per heavy atom. The molecule has 2 aromatic rings. The first-order valence-electron chi connectivity index (χ1n) is 10.3. The number of sulfonamides is 1. The molecule has 1 saturated heterocycles. The first-order chi connectivity index (χ1) is 15.4. The zero-order valence-electron chi connectivity index (χ0n) is 18.0. The van der Waals surface area contributed by atoms with Gasteiger partial charge >= 0.3 is 0 Å². The SMILES string of the molecule is COc1ccc(-c2ccc(S(=O)(=O)N(CCN3CCOCC3)C(CS)C(N)=O)cc2)cc1. The summed E-state index contributed by atoms with van der Waals surface area (Å²) in [4.78, 5) is 14.2. The van der Waals surface area contributed by atoms with Gasteiger partial charge in [-0.3, -0.25) is 9.69 Å². The Morgan fingerprint density at radius 1 is 1.12 bits per heavy atom. The van der Waals surface area contributed by atoms with Crippen molar-refractivity contribution < 1.29 is 22.7 Å². The summed E-state index contributed by atoms with van der Waals surface area (Å²) in [6.07, 6.45) is 0. The normalized spacial score (nSPS) is 16.1. The van der Waals surface area contributed by atoms with E-state index < -0.39 is 22.0 Å². The molecule has 8 nitrogen and oxygen atoms in total. The lowest BCUT2D eigenvalue weighted by atomic mass is 10.1. The van der Waals surface area contributed by atoms with Gasteiger partial charge in [-0.25, -0.2) is 8.42 Å². The predicted molar refractivity (Wildman–Crippen MR) is 126 cm³/mol. The third-order valence-electron chi connectivity index (χ3n) is 5.47. The summed E-state index contributed by atoms with van der Waals surface area (Å²) < 4.78 is 38.6. The molecular weight excluding hydrogens is 450 g/mol. The van der Waals surface area contributed by atoms with E-state index >= 15 is 0 Å². The second kappa shape index (κ2) is 11.2. The number of carbonyl (C=O) groups is 1. The van der Waals surface area contributed by atoms with E-state index in [1.165, 1.54) is 4.31 Å². The van der Waals surface area contributed by atoms with Crippen molar-refractivity contribution in [2.75, 3.05) is 52.3 Å². The third-order valence-corrected chi connectivity index (χ3v) is 7.74. The molecule has 0 radical (unpaired) electrons. The summed E-state index contributed by atoms with van der Waals surface area (Å²) in [5.41, 5.74) is 7.32. The van der Waals surface area contributed by atoms with Crippen LogP contribution in [0.4, 0.5) is 0 Å². The Kier molecular flexibility index (Phi) is 8.55.